The quantitative estimate of drug-likeness (QED) is 0.836. The first kappa shape index (κ1) is 16.4. The minimum absolute atomic E-state index is 0.00569. The van der Waals surface area contributed by atoms with Gasteiger partial charge in [0.25, 0.3) is 5.92 Å². The van der Waals surface area contributed by atoms with Gasteiger partial charge in [-0.25, -0.2) is 13.8 Å². The topological polar surface area (TPSA) is 36.4 Å². The van der Waals surface area contributed by atoms with Gasteiger partial charge in [0, 0.05) is 23.5 Å². The number of halogens is 2. The molecular weight excluding hydrogens is 332 g/mol. The van der Waals surface area contributed by atoms with Crippen LogP contribution in [-0.2, 0) is 11.3 Å². The molecule has 0 bridgehead atoms. The maximum absolute atomic E-state index is 13.1. The molecule has 0 aromatic carbocycles. The van der Waals surface area contributed by atoms with Crippen LogP contribution in [0, 0.1) is 18.3 Å². The molecule has 0 unspecified atom stereocenters. The molecule has 0 radical (unpaired) electrons. The predicted molar refractivity (Wildman–Crippen MR) is 88.0 cm³/mol. The summed E-state index contributed by atoms with van der Waals surface area (Å²) in [6.07, 6.45) is 3.93. The van der Waals surface area contributed by atoms with Gasteiger partial charge in [0.1, 0.15) is 5.01 Å². The maximum atomic E-state index is 13.1. The molecule has 2 aliphatic heterocycles. The molecule has 1 aromatic heterocycles. The fraction of sp³-hybridized carbons (Fsp3) is 0.765. The fourth-order valence-corrected chi connectivity index (χ4v) is 5.50. The van der Waals surface area contributed by atoms with Gasteiger partial charge < -0.3 is 4.90 Å². The molecule has 0 N–H and O–H groups in total. The van der Waals surface area contributed by atoms with Gasteiger partial charge in [0.05, 0.1) is 19.6 Å². The number of aryl methyl sites for hydroxylation is 1. The molecule has 1 amide bonds. The first-order valence-corrected chi connectivity index (χ1v) is 9.55. The van der Waals surface area contributed by atoms with Crippen LogP contribution in [0.3, 0.4) is 0 Å². The summed E-state index contributed by atoms with van der Waals surface area (Å²) in [5, 5.41) is 3.18. The minimum atomic E-state index is -2.67. The zero-order valence-corrected chi connectivity index (χ0v) is 14.7. The van der Waals surface area contributed by atoms with E-state index in [1.807, 2.05) is 6.92 Å². The summed E-state index contributed by atoms with van der Waals surface area (Å²) in [6.45, 7) is 3.93. The Labute approximate surface area is 144 Å². The van der Waals surface area contributed by atoms with Crippen molar-refractivity contribution in [3.8, 4) is 0 Å². The Morgan fingerprint density at radius 1 is 1.38 bits per heavy atom. The highest BCUT2D eigenvalue weighted by atomic mass is 32.1. The average Bonchev–Trinajstić information content (AvgIpc) is 3.19. The second-order valence-electron chi connectivity index (χ2n) is 7.70. The van der Waals surface area contributed by atoms with Gasteiger partial charge >= 0.3 is 0 Å². The number of carbonyl (C=O) groups excluding carboxylic acids is 1. The highest BCUT2D eigenvalue weighted by molar-refractivity contribution is 7.09. The van der Waals surface area contributed by atoms with Crippen molar-refractivity contribution < 1.29 is 13.6 Å². The number of nitrogens with zero attached hydrogens (tertiary/aromatic N) is 3. The standard InChI is InChI=1S/C17H23F2N3OS/c1-12-8-24-14(20-12)7-21-6-5-16(9-21)4-2-3-13(16)15(23)22-10-17(18,19)11-22/h8,13H,2-7,9-11H2,1H3/t13-,16-/m1/s1. The van der Waals surface area contributed by atoms with Crippen molar-refractivity contribution in [1.29, 1.82) is 0 Å². The van der Waals surface area contributed by atoms with E-state index >= 15 is 0 Å². The normalized spacial score (nSPS) is 32.5. The number of rotatable bonds is 3. The van der Waals surface area contributed by atoms with E-state index in [2.05, 4.69) is 15.3 Å². The molecule has 1 aromatic rings. The van der Waals surface area contributed by atoms with Crippen LogP contribution in [0.15, 0.2) is 5.38 Å². The van der Waals surface area contributed by atoms with Crippen molar-refractivity contribution in [2.75, 3.05) is 26.2 Å². The molecule has 24 heavy (non-hydrogen) atoms. The van der Waals surface area contributed by atoms with Crippen LogP contribution in [0.4, 0.5) is 8.78 Å². The average molecular weight is 355 g/mol. The fourth-order valence-electron chi connectivity index (χ4n) is 4.69. The Balaban J connectivity index is 1.41. The van der Waals surface area contributed by atoms with Crippen LogP contribution >= 0.6 is 11.3 Å². The summed E-state index contributed by atoms with van der Waals surface area (Å²) in [6, 6.07) is 0. The van der Waals surface area contributed by atoms with Crippen molar-refractivity contribution in [3.63, 3.8) is 0 Å². The second kappa shape index (κ2) is 5.73. The molecule has 2 saturated heterocycles. The Bertz CT molecular complexity index is 642. The lowest BCUT2D eigenvalue weighted by molar-refractivity contribution is -0.172. The second-order valence-corrected chi connectivity index (χ2v) is 8.64. The van der Waals surface area contributed by atoms with Gasteiger partial charge in [-0.2, -0.15) is 0 Å². The molecule has 4 rings (SSSR count). The summed E-state index contributed by atoms with van der Waals surface area (Å²) < 4.78 is 26.2. The lowest BCUT2D eigenvalue weighted by Crippen LogP contribution is -2.60. The Hall–Kier alpha value is -1.08. The highest BCUT2D eigenvalue weighted by Crippen LogP contribution is 2.51. The van der Waals surface area contributed by atoms with Crippen molar-refractivity contribution in [2.45, 2.75) is 45.1 Å². The predicted octanol–water partition coefficient (Wildman–Crippen LogP) is 2.92. The van der Waals surface area contributed by atoms with E-state index in [0.717, 1.165) is 56.0 Å². The molecule has 1 saturated carbocycles. The molecule has 7 heteroatoms. The van der Waals surface area contributed by atoms with Gasteiger partial charge in [0.2, 0.25) is 5.91 Å². The zero-order chi connectivity index (χ0) is 16.9. The van der Waals surface area contributed by atoms with Crippen LogP contribution in [0.1, 0.15) is 36.4 Å². The number of thiazole rings is 1. The van der Waals surface area contributed by atoms with Crippen LogP contribution in [0.25, 0.3) is 0 Å². The number of likely N-dealkylation sites (tertiary alicyclic amines) is 2. The van der Waals surface area contributed by atoms with Gasteiger partial charge in [-0.05, 0) is 38.1 Å². The Morgan fingerprint density at radius 2 is 2.17 bits per heavy atom. The molecule has 3 aliphatic rings. The molecule has 3 fully saturated rings. The molecular formula is C17H23F2N3OS. The monoisotopic (exact) mass is 355 g/mol. The van der Waals surface area contributed by atoms with Gasteiger partial charge in [-0.15, -0.1) is 11.3 Å². The summed E-state index contributed by atoms with van der Waals surface area (Å²) >= 11 is 1.68. The smallest absolute Gasteiger partial charge is 0.282 e. The lowest BCUT2D eigenvalue weighted by atomic mass is 9.76. The molecule has 3 heterocycles. The van der Waals surface area contributed by atoms with Crippen LogP contribution in [0.5, 0.6) is 0 Å². The SMILES string of the molecule is Cc1csc(CN2CC[C@]3(CCC[C@@H]3C(=O)N3CC(F)(F)C3)C2)n1. The van der Waals surface area contributed by atoms with E-state index in [9.17, 15) is 13.6 Å². The van der Waals surface area contributed by atoms with Crippen molar-refractivity contribution in [1.82, 2.24) is 14.8 Å². The molecule has 132 valence electrons. The van der Waals surface area contributed by atoms with E-state index < -0.39 is 5.92 Å². The third-order valence-corrected chi connectivity index (χ3v) is 6.80. The Kier molecular flexibility index (Phi) is 3.91. The Morgan fingerprint density at radius 3 is 2.83 bits per heavy atom. The van der Waals surface area contributed by atoms with E-state index in [4.69, 9.17) is 0 Å². The number of carbonyl (C=O) groups is 1. The largest absolute Gasteiger partial charge is 0.330 e. The third-order valence-electron chi connectivity index (χ3n) is 5.85. The number of amides is 1. The van der Waals surface area contributed by atoms with Gasteiger partial charge in [0.15, 0.2) is 0 Å². The molecule has 1 aliphatic carbocycles. The van der Waals surface area contributed by atoms with Crippen molar-refractivity contribution >= 4 is 17.2 Å². The number of hydrogen-bond donors (Lipinski definition) is 0. The van der Waals surface area contributed by atoms with E-state index in [1.54, 1.807) is 11.3 Å². The van der Waals surface area contributed by atoms with Gasteiger partial charge in [-0.3, -0.25) is 9.69 Å². The molecule has 4 nitrogen and oxygen atoms in total. The number of alkyl halides is 2. The maximum Gasteiger partial charge on any atom is 0.282 e. The van der Waals surface area contributed by atoms with Crippen molar-refractivity contribution in [3.05, 3.63) is 16.1 Å². The van der Waals surface area contributed by atoms with Crippen LogP contribution in [0.2, 0.25) is 0 Å². The third kappa shape index (κ3) is 2.86. The van der Waals surface area contributed by atoms with Crippen LogP contribution in [-0.4, -0.2) is 52.8 Å². The number of hydrogen-bond acceptors (Lipinski definition) is 4. The molecule has 1 spiro atoms. The van der Waals surface area contributed by atoms with Crippen LogP contribution < -0.4 is 0 Å². The highest BCUT2D eigenvalue weighted by Gasteiger charge is 2.55. The zero-order valence-electron chi connectivity index (χ0n) is 13.9. The first-order valence-electron chi connectivity index (χ1n) is 8.67. The summed E-state index contributed by atoms with van der Waals surface area (Å²) in [7, 11) is 0. The van der Waals surface area contributed by atoms with E-state index in [0.29, 0.717) is 0 Å². The summed E-state index contributed by atoms with van der Waals surface area (Å²) in [5.41, 5.74) is 1.05. The minimum Gasteiger partial charge on any atom is -0.330 e. The summed E-state index contributed by atoms with van der Waals surface area (Å²) in [4.78, 5) is 21.0. The van der Waals surface area contributed by atoms with E-state index in [1.165, 1.54) is 4.90 Å². The lowest BCUT2D eigenvalue weighted by Gasteiger charge is -2.42. The summed E-state index contributed by atoms with van der Waals surface area (Å²) in [5.74, 6) is -2.78. The number of aromatic nitrogens is 1. The van der Waals surface area contributed by atoms with Crippen molar-refractivity contribution in [2.24, 2.45) is 11.3 Å². The molecule has 2 atom stereocenters. The first-order chi connectivity index (χ1) is 11.4. The van der Waals surface area contributed by atoms with E-state index in [-0.39, 0.29) is 30.3 Å². The van der Waals surface area contributed by atoms with Gasteiger partial charge in [-0.1, -0.05) is 6.42 Å².